The Balaban J connectivity index is 1.48. The SMILES string of the molecule is CCOCC1CCN(C(=NC)NCc2ccc(N3CC=CC3)cc2)C1. The van der Waals surface area contributed by atoms with Gasteiger partial charge in [-0.05, 0) is 31.0 Å². The van der Waals surface area contributed by atoms with Crippen molar-refractivity contribution in [2.45, 2.75) is 19.9 Å². The lowest BCUT2D eigenvalue weighted by molar-refractivity contribution is 0.114. The van der Waals surface area contributed by atoms with E-state index < -0.39 is 0 Å². The first-order valence-corrected chi connectivity index (χ1v) is 9.32. The fourth-order valence-corrected chi connectivity index (χ4v) is 3.47. The third-order valence-corrected chi connectivity index (χ3v) is 4.93. The number of hydrogen-bond acceptors (Lipinski definition) is 3. The van der Waals surface area contributed by atoms with Gasteiger partial charge in [0.05, 0.1) is 6.61 Å². The monoisotopic (exact) mass is 342 g/mol. The van der Waals surface area contributed by atoms with Crippen LogP contribution in [-0.2, 0) is 11.3 Å². The Hall–Kier alpha value is -2.01. The Bertz CT molecular complexity index is 588. The lowest BCUT2D eigenvalue weighted by Gasteiger charge is -2.22. The lowest BCUT2D eigenvalue weighted by atomic mass is 10.1. The number of hydrogen-bond donors (Lipinski definition) is 1. The van der Waals surface area contributed by atoms with Gasteiger partial charge in [-0.2, -0.15) is 0 Å². The summed E-state index contributed by atoms with van der Waals surface area (Å²) in [7, 11) is 1.86. The van der Waals surface area contributed by atoms with Crippen LogP contribution in [0.3, 0.4) is 0 Å². The lowest BCUT2D eigenvalue weighted by Crippen LogP contribution is -2.39. The van der Waals surface area contributed by atoms with E-state index in [0.717, 1.165) is 51.9 Å². The van der Waals surface area contributed by atoms with Crippen LogP contribution in [0, 0.1) is 5.92 Å². The summed E-state index contributed by atoms with van der Waals surface area (Å²) in [6, 6.07) is 8.83. The van der Waals surface area contributed by atoms with Crippen molar-refractivity contribution in [3.8, 4) is 0 Å². The number of ether oxygens (including phenoxy) is 1. The summed E-state index contributed by atoms with van der Waals surface area (Å²) < 4.78 is 5.57. The van der Waals surface area contributed by atoms with Gasteiger partial charge in [0.15, 0.2) is 5.96 Å². The Morgan fingerprint density at radius 3 is 2.68 bits per heavy atom. The van der Waals surface area contributed by atoms with E-state index >= 15 is 0 Å². The van der Waals surface area contributed by atoms with Crippen LogP contribution >= 0.6 is 0 Å². The highest BCUT2D eigenvalue weighted by Gasteiger charge is 2.24. The molecule has 2 heterocycles. The van der Waals surface area contributed by atoms with Crippen molar-refractivity contribution in [1.29, 1.82) is 0 Å². The Kier molecular flexibility index (Phi) is 6.34. The highest BCUT2D eigenvalue weighted by atomic mass is 16.5. The molecule has 5 heteroatoms. The van der Waals surface area contributed by atoms with Gasteiger partial charge in [0.1, 0.15) is 0 Å². The van der Waals surface area contributed by atoms with E-state index in [-0.39, 0.29) is 0 Å². The summed E-state index contributed by atoms with van der Waals surface area (Å²) in [6.45, 7) is 8.63. The van der Waals surface area contributed by atoms with E-state index in [2.05, 4.69) is 63.5 Å². The number of nitrogens with zero attached hydrogens (tertiary/aromatic N) is 3. The number of benzene rings is 1. The van der Waals surface area contributed by atoms with Crippen molar-refractivity contribution in [2.75, 3.05) is 51.3 Å². The summed E-state index contributed by atoms with van der Waals surface area (Å²) in [4.78, 5) is 9.16. The van der Waals surface area contributed by atoms with Gasteiger partial charge in [0, 0.05) is 58.0 Å². The first-order valence-electron chi connectivity index (χ1n) is 9.32. The van der Waals surface area contributed by atoms with Crippen molar-refractivity contribution < 1.29 is 4.74 Å². The normalized spacial score (nSPS) is 20.6. The standard InChI is InChI=1S/C20H30N4O/c1-3-25-16-18-10-13-24(15-18)20(21-2)22-14-17-6-8-19(9-7-17)23-11-4-5-12-23/h4-9,18H,3,10-16H2,1-2H3,(H,21,22). The van der Waals surface area contributed by atoms with Crippen molar-refractivity contribution in [1.82, 2.24) is 10.2 Å². The third-order valence-electron chi connectivity index (χ3n) is 4.93. The molecule has 1 fully saturated rings. The maximum atomic E-state index is 5.57. The molecule has 3 rings (SSSR count). The predicted molar refractivity (Wildman–Crippen MR) is 104 cm³/mol. The first-order chi connectivity index (χ1) is 12.3. The second-order valence-electron chi connectivity index (χ2n) is 6.70. The summed E-state index contributed by atoms with van der Waals surface area (Å²) in [5.41, 5.74) is 2.57. The van der Waals surface area contributed by atoms with Crippen LogP contribution < -0.4 is 10.2 Å². The van der Waals surface area contributed by atoms with Crippen LogP contribution in [0.25, 0.3) is 0 Å². The fraction of sp³-hybridized carbons (Fsp3) is 0.550. The fourth-order valence-electron chi connectivity index (χ4n) is 3.47. The minimum Gasteiger partial charge on any atom is -0.381 e. The van der Waals surface area contributed by atoms with Gasteiger partial charge >= 0.3 is 0 Å². The zero-order valence-corrected chi connectivity index (χ0v) is 15.4. The molecule has 1 aromatic rings. The Morgan fingerprint density at radius 1 is 1.24 bits per heavy atom. The van der Waals surface area contributed by atoms with Crippen molar-refractivity contribution in [2.24, 2.45) is 10.9 Å². The smallest absolute Gasteiger partial charge is 0.193 e. The number of aliphatic imine (C=N–C) groups is 1. The molecule has 136 valence electrons. The Morgan fingerprint density at radius 2 is 2.00 bits per heavy atom. The number of anilines is 1. The Labute approximate surface area is 151 Å². The van der Waals surface area contributed by atoms with Crippen molar-refractivity contribution in [3.05, 3.63) is 42.0 Å². The zero-order chi connectivity index (χ0) is 17.5. The van der Waals surface area contributed by atoms with Gasteiger partial charge in [0.2, 0.25) is 0 Å². The van der Waals surface area contributed by atoms with Crippen LogP contribution in [0.5, 0.6) is 0 Å². The van der Waals surface area contributed by atoms with Crippen molar-refractivity contribution >= 4 is 11.6 Å². The van der Waals surface area contributed by atoms with Gasteiger partial charge in [-0.1, -0.05) is 24.3 Å². The largest absolute Gasteiger partial charge is 0.381 e. The molecule has 0 radical (unpaired) electrons. The number of nitrogens with one attached hydrogen (secondary N) is 1. The molecule has 0 aromatic heterocycles. The average Bonchev–Trinajstić information content (AvgIpc) is 3.33. The molecule has 1 atom stereocenters. The van der Waals surface area contributed by atoms with Crippen LogP contribution in [-0.4, -0.2) is 57.3 Å². The summed E-state index contributed by atoms with van der Waals surface area (Å²) in [5, 5.41) is 3.50. The topological polar surface area (TPSA) is 40.1 Å². The van der Waals surface area contributed by atoms with Crippen LogP contribution in [0.4, 0.5) is 5.69 Å². The van der Waals surface area contributed by atoms with E-state index in [9.17, 15) is 0 Å². The van der Waals surface area contributed by atoms with Crippen LogP contribution in [0.15, 0.2) is 41.4 Å². The van der Waals surface area contributed by atoms with Gasteiger partial charge in [-0.3, -0.25) is 4.99 Å². The molecule has 5 nitrogen and oxygen atoms in total. The average molecular weight is 342 g/mol. The molecule has 1 saturated heterocycles. The van der Waals surface area contributed by atoms with E-state index in [1.807, 2.05) is 7.05 Å². The van der Waals surface area contributed by atoms with Gasteiger partial charge in [-0.25, -0.2) is 0 Å². The van der Waals surface area contributed by atoms with Crippen molar-refractivity contribution in [3.63, 3.8) is 0 Å². The minimum atomic E-state index is 0.617. The summed E-state index contributed by atoms with van der Waals surface area (Å²) in [6.07, 6.45) is 5.61. The van der Waals surface area contributed by atoms with Gasteiger partial charge in [-0.15, -0.1) is 0 Å². The van der Waals surface area contributed by atoms with Gasteiger partial charge < -0.3 is 19.9 Å². The van der Waals surface area contributed by atoms with Crippen LogP contribution in [0.2, 0.25) is 0 Å². The minimum absolute atomic E-state index is 0.617. The molecular weight excluding hydrogens is 312 g/mol. The third kappa shape index (κ3) is 4.75. The number of rotatable bonds is 6. The van der Waals surface area contributed by atoms with E-state index in [1.54, 1.807) is 0 Å². The number of likely N-dealkylation sites (tertiary alicyclic amines) is 1. The number of guanidine groups is 1. The molecule has 0 saturated carbocycles. The predicted octanol–water partition coefficient (Wildman–Crippen LogP) is 2.50. The summed E-state index contributed by atoms with van der Waals surface area (Å²) >= 11 is 0. The van der Waals surface area contributed by atoms with E-state index in [4.69, 9.17) is 4.74 Å². The van der Waals surface area contributed by atoms with E-state index in [0.29, 0.717) is 5.92 Å². The molecule has 25 heavy (non-hydrogen) atoms. The molecule has 0 bridgehead atoms. The summed E-state index contributed by atoms with van der Waals surface area (Å²) in [5.74, 6) is 1.61. The van der Waals surface area contributed by atoms with Crippen LogP contribution in [0.1, 0.15) is 18.9 Å². The molecular formula is C20H30N4O. The maximum Gasteiger partial charge on any atom is 0.193 e. The van der Waals surface area contributed by atoms with Gasteiger partial charge in [0.25, 0.3) is 0 Å². The quantitative estimate of drug-likeness (QED) is 0.490. The highest BCUT2D eigenvalue weighted by Crippen LogP contribution is 2.18. The molecule has 2 aliphatic heterocycles. The maximum absolute atomic E-state index is 5.57. The second kappa shape index (κ2) is 8.90. The molecule has 0 aliphatic carbocycles. The first kappa shape index (κ1) is 17.8. The molecule has 0 spiro atoms. The molecule has 0 amide bonds. The molecule has 2 aliphatic rings. The molecule has 1 N–H and O–H groups in total. The molecule has 1 unspecified atom stereocenters. The zero-order valence-electron chi connectivity index (χ0n) is 15.4. The highest BCUT2D eigenvalue weighted by molar-refractivity contribution is 5.80. The van der Waals surface area contributed by atoms with E-state index in [1.165, 1.54) is 17.7 Å². The second-order valence-corrected chi connectivity index (χ2v) is 6.70. The molecule has 1 aromatic carbocycles.